The number of benzene rings is 2. The summed E-state index contributed by atoms with van der Waals surface area (Å²) < 4.78 is 10.8. The summed E-state index contributed by atoms with van der Waals surface area (Å²) in [5.41, 5.74) is 4.14. The molecule has 0 saturated carbocycles. The first-order valence-electron chi connectivity index (χ1n) is 9.41. The van der Waals surface area contributed by atoms with Crippen LogP contribution in [0.4, 0.5) is 0 Å². The third-order valence-corrected chi connectivity index (χ3v) is 4.65. The fourth-order valence-corrected chi connectivity index (χ4v) is 2.95. The van der Waals surface area contributed by atoms with Gasteiger partial charge in [0.15, 0.2) is 0 Å². The van der Waals surface area contributed by atoms with Crippen LogP contribution >= 0.6 is 0 Å². The molecule has 2 aromatic carbocycles. The van der Waals surface area contributed by atoms with E-state index in [-0.39, 0.29) is 5.91 Å². The molecule has 0 atom stereocenters. The van der Waals surface area contributed by atoms with Gasteiger partial charge in [0.1, 0.15) is 0 Å². The number of pyridine rings is 1. The summed E-state index contributed by atoms with van der Waals surface area (Å²) in [6.45, 7) is 2.37. The molecule has 0 aliphatic carbocycles. The average Bonchev–Trinajstić information content (AvgIpc) is 3.28. The minimum absolute atomic E-state index is 0.177. The van der Waals surface area contributed by atoms with E-state index in [2.05, 4.69) is 20.5 Å². The van der Waals surface area contributed by atoms with Crippen molar-refractivity contribution in [2.45, 2.75) is 13.5 Å². The number of carbonyl (C=O) groups is 1. The molecule has 0 aliphatic rings. The van der Waals surface area contributed by atoms with Crippen molar-refractivity contribution >= 4 is 5.91 Å². The third kappa shape index (κ3) is 4.20. The zero-order valence-corrected chi connectivity index (χ0v) is 16.6. The fraction of sp³-hybridized carbons (Fsp3) is 0.130. The maximum Gasteiger partial charge on any atom is 0.251 e. The fourth-order valence-electron chi connectivity index (χ4n) is 2.95. The van der Waals surface area contributed by atoms with Gasteiger partial charge in [0.25, 0.3) is 5.91 Å². The number of nitrogens with zero attached hydrogens (tertiary/aromatic N) is 3. The number of hydrogen-bond donors (Lipinski definition) is 1. The van der Waals surface area contributed by atoms with Crippen molar-refractivity contribution in [3.05, 3.63) is 83.6 Å². The van der Waals surface area contributed by atoms with Crippen LogP contribution in [0.15, 0.2) is 71.3 Å². The molecule has 30 heavy (non-hydrogen) atoms. The first-order valence-corrected chi connectivity index (χ1v) is 9.41. The predicted molar refractivity (Wildman–Crippen MR) is 112 cm³/mol. The Labute approximate surface area is 173 Å². The second kappa shape index (κ2) is 8.57. The highest BCUT2D eigenvalue weighted by molar-refractivity contribution is 5.94. The lowest BCUT2D eigenvalue weighted by atomic mass is 10.1. The summed E-state index contributed by atoms with van der Waals surface area (Å²) in [5.74, 6) is 1.23. The van der Waals surface area contributed by atoms with E-state index in [4.69, 9.17) is 9.15 Å². The number of amides is 1. The Hall–Kier alpha value is -4.00. The Balaban J connectivity index is 1.42. The highest BCUT2D eigenvalue weighted by Gasteiger charge is 2.13. The molecule has 0 aliphatic heterocycles. The number of nitrogens with one attached hydrogen (secondary N) is 1. The second-order valence-electron chi connectivity index (χ2n) is 6.70. The molecule has 4 rings (SSSR count). The minimum atomic E-state index is -0.177. The molecule has 2 heterocycles. The number of aryl methyl sites for hydroxylation is 1. The molecule has 150 valence electrons. The average molecular weight is 400 g/mol. The van der Waals surface area contributed by atoms with Gasteiger partial charge in [-0.2, -0.15) is 0 Å². The molecule has 1 amide bonds. The second-order valence-corrected chi connectivity index (χ2v) is 6.70. The topological polar surface area (TPSA) is 90.1 Å². The van der Waals surface area contributed by atoms with Gasteiger partial charge in [-0.15, -0.1) is 10.2 Å². The van der Waals surface area contributed by atoms with E-state index in [1.165, 1.54) is 0 Å². The van der Waals surface area contributed by atoms with E-state index < -0.39 is 0 Å². The molecule has 1 N–H and O–H groups in total. The maximum absolute atomic E-state index is 12.4. The lowest BCUT2D eigenvalue weighted by molar-refractivity contribution is 0.0951. The zero-order chi connectivity index (χ0) is 20.9. The van der Waals surface area contributed by atoms with E-state index in [9.17, 15) is 4.79 Å². The number of hydrogen-bond acceptors (Lipinski definition) is 6. The van der Waals surface area contributed by atoms with Gasteiger partial charge in [0, 0.05) is 35.5 Å². The van der Waals surface area contributed by atoms with Crippen LogP contribution in [0.1, 0.15) is 21.5 Å². The number of ether oxygens (including phenoxy) is 1. The summed E-state index contributed by atoms with van der Waals surface area (Å²) in [4.78, 5) is 16.5. The van der Waals surface area contributed by atoms with Crippen molar-refractivity contribution < 1.29 is 13.9 Å². The molecule has 0 radical (unpaired) electrons. The van der Waals surface area contributed by atoms with Crippen LogP contribution in [0.3, 0.4) is 0 Å². The maximum atomic E-state index is 12.4. The number of aromatic nitrogens is 3. The Bertz CT molecular complexity index is 1150. The molecule has 0 spiro atoms. The van der Waals surface area contributed by atoms with Crippen molar-refractivity contribution in [2.75, 3.05) is 7.11 Å². The highest BCUT2D eigenvalue weighted by atomic mass is 16.5. The van der Waals surface area contributed by atoms with Crippen LogP contribution in [-0.2, 0) is 6.54 Å². The van der Waals surface area contributed by atoms with Crippen molar-refractivity contribution in [3.63, 3.8) is 0 Å². The largest absolute Gasteiger partial charge is 0.481 e. The van der Waals surface area contributed by atoms with E-state index in [0.29, 0.717) is 29.8 Å². The molecule has 7 nitrogen and oxygen atoms in total. The Morgan fingerprint density at radius 3 is 2.47 bits per heavy atom. The van der Waals surface area contributed by atoms with Crippen molar-refractivity contribution in [3.8, 4) is 28.8 Å². The molecule has 7 heteroatoms. The lowest BCUT2D eigenvalue weighted by Gasteiger charge is -2.06. The summed E-state index contributed by atoms with van der Waals surface area (Å²) in [6.07, 6.45) is 1.67. The van der Waals surface area contributed by atoms with Gasteiger partial charge < -0.3 is 14.5 Å². The summed E-state index contributed by atoms with van der Waals surface area (Å²) in [7, 11) is 1.56. The van der Waals surface area contributed by atoms with Gasteiger partial charge in [-0.25, -0.2) is 4.98 Å². The number of rotatable bonds is 6. The van der Waals surface area contributed by atoms with Crippen LogP contribution in [0.5, 0.6) is 5.88 Å². The molecule has 0 bridgehead atoms. The van der Waals surface area contributed by atoms with Gasteiger partial charge in [-0.1, -0.05) is 24.3 Å². The van der Waals surface area contributed by atoms with Gasteiger partial charge in [-0.05, 0) is 48.4 Å². The molecule has 0 unspecified atom stereocenters. The normalized spacial score (nSPS) is 10.6. The quantitative estimate of drug-likeness (QED) is 0.525. The molecule has 4 aromatic rings. The Morgan fingerprint density at radius 1 is 1.00 bits per heavy atom. The highest BCUT2D eigenvalue weighted by Crippen LogP contribution is 2.26. The molecule has 2 aromatic heterocycles. The summed E-state index contributed by atoms with van der Waals surface area (Å²) in [6, 6.07) is 18.5. The van der Waals surface area contributed by atoms with Crippen molar-refractivity contribution in [1.82, 2.24) is 20.5 Å². The predicted octanol–water partition coefficient (Wildman–Crippen LogP) is 4.05. The number of methoxy groups -OCH3 is 1. The summed E-state index contributed by atoms with van der Waals surface area (Å²) >= 11 is 0. The zero-order valence-electron chi connectivity index (χ0n) is 16.6. The Morgan fingerprint density at radius 2 is 1.77 bits per heavy atom. The smallest absolute Gasteiger partial charge is 0.251 e. The Kier molecular flexibility index (Phi) is 5.52. The van der Waals surface area contributed by atoms with Crippen LogP contribution in [0.25, 0.3) is 22.9 Å². The first kappa shape index (κ1) is 19.3. The standard InChI is InChI=1S/C23H20N4O3/c1-15-5-3-4-6-19(15)23-27-26-22(30-23)18-10-8-17(9-11-18)21(28)25-14-16-7-12-20(29-2)24-13-16/h3-13H,14H2,1-2H3,(H,25,28). The van der Waals surface area contributed by atoms with Crippen molar-refractivity contribution in [1.29, 1.82) is 0 Å². The van der Waals surface area contributed by atoms with Gasteiger partial charge in [-0.3, -0.25) is 4.79 Å². The van der Waals surface area contributed by atoms with Gasteiger partial charge >= 0.3 is 0 Å². The van der Waals surface area contributed by atoms with Crippen LogP contribution in [0.2, 0.25) is 0 Å². The van der Waals surface area contributed by atoms with E-state index in [1.54, 1.807) is 43.6 Å². The summed E-state index contributed by atoms with van der Waals surface area (Å²) in [5, 5.41) is 11.2. The number of carbonyl (C=O) groups excluding carboxylic acids is 1. The minimum Gasteiger partial charge on any atom is -0.481 e. The van der Waals surface area contributed by atoms with Gasteiger partial charge in [0.05, 0.1) is 7.11 Å². The lowest BCUT2D eigenvalue weighted by Crippen LogP contribution is -2.22. The van der Waals surface area contributed by atoms with E-state index in [1.807, 2.05) is 37.3 Å². The first-order chi connectivity index (χ1) is 14.6. The SMILES string of the molecule is COc1ccc(CNC(=O)c2ccc(-c3nnc(-c4ccccc4C)o3)cc2)cn1. The third-order valence-electron chi connectivity index (χ3n) is 4.65. The van der Waals surface area contributed by atoms with Gasteiger partial charge in [0.2, 0.25) is 17.7 Å². The molecular weight excluding hydrogens is 380 g/mol. The molecule has 0 fully saturated rings. The van der Waals surface area contributed by atoms with Crippen molar-refractivity contribution in [2.24, 2.45) is 0 Å². The van der Waals surface area contributed by atoms with E-state index in [0.717, 1.165) is 22.3 Å². The molecule has 0 saturated heterocycles. The molecular formula is C23H20N4O3. The van der Waals surface area contributed by atoms with Crippen LogP contribution < -0.4 is 10.1 Å². The van der Waals surface area contributed by atoms with E-state index >= 15 is 0 Å². The van der Waals surface area contributed by atoms with Crippen LogP contribution in [0, 0.1) is 6.92 Å². The van der Waals surface area contributed by atoms with Crippen LogP contribution in [-0.4, -0.2) is 28.2 Å². The monoisotopic (exact) mass is 400 g/mol.